The van der Waals surface area contributed by atoms with Crippen molar-refractivity contribution in [2.24, 2.45) is 5.92 Å². The summed E-state index contributed by atoms with van der Waals surface area (Å²) in [6.07, 6.45) is 7.86. The van der Waals surface area contributed by atoms with E-state index in [2.05, 4.69) is 11.8 Å². The number of rotatable bonds is 2. The lowest BCUT2D eigenvalue weighted by molar-refractivity contribution is 0.102. The first-order valence-electron chi connectivity index (χ1n) is 6.35. The maximum atomic E-state index is 11.1. The van der Waals surface area contributed by atoms with E-state index in [9.17, 15) is 4.79 Å². The first-order chi connectivity index (χ1) is 8.25. The van der Waals surface area contributed by atoms with Gasteiger partial charge in [-0.05, 0) is 37.8 Å². The Kier molecular flexibility index (Phi) is 4.39. The van der Waals surface area contributed by atoms with Crippen LogP contribution in [0.1, 0.15) is 60.0 Å². The lowest BCUT2D eigenvalue weighted by atomic mass is 9.87. The van der Waals surface area contributed by atoms with Crippen LogP contribution in [0, 0.1) is 17.8 Å². The van der Waals surface area contributed by atoms with Crippen molar-refractivity contribution in [2.45, 2.75) is 45.4 Å². The lowest BCUT2D eigenvalue weighted by Crippen LogP contribution is -2.04. The molecule has 2 heteroatoms. The fourth-order valence-electron chi connectivity index (χ4n) is 2.27. The Morgan fingerprint density at radius 2 is 2.12 bits per heavy atom. The second-order valence-corrected chi connectivity index (χ2v) is 5.81. The molecule has 0 radical (unpaired) electrons. The highest BCUT2D eigenvalue weighted by Gasteiger charge is 2.11. The Bertz CT molecular complexity index is 441. The SMILES string of the molecule is CC(=O)c1ccc(C#CCC2CCCCC2)s1. The average molecular weight is 246 g/mol. The molecule has 0 unspecified atom stereocenters. The molecule has 1 aliphatic rings. The van der Waals surface area contributed by atoms with Crippen LogP contribution in [0.15, 0.2) is 12.1 Å². The van der Waals surface area contributed by atoms with Crippen molar-refractivity contribution in [3.63, 3.8) is 0 Å². The Labute approximate surface area is 107 Å². The molecular formula is C15H18OS. The van der Waals surface area contributed by atoms with Gasteiger partial charge < -0.3 is 0 Å². The van der Waals surface area contributed by atoms with Gasteiger partial charge in [0, 0.05) is 6.42 Å². The van der Waals surface area contributed by atoms with Gasteiger partial charge in [0.15, 0.2) is 5.78 Å². The number of ketones is 1. The number of thiophene rings is 1. The van der Waals surface area contributed by atoms with Crippen molar-refractivity contribution in [1.82, 2.24) is 0 Å². The largest absolute Gasteiger partial charge is 0.294 e. The van der Waals surface area contributed by atoms with Crippen LogP contribution in [0.4, 0.5) is 0 Å². The normalized spacial score (nSPS) is 16.3. The van der Waals surface area contributed by atoms with E-state index in [1.54, 1.807) is 6.92 Å². The number of hydrogen-bond acceptors (Lipinski definition) is 2. The van der Waals surface area contributed by atoms with Gasteiger partial charge in [-0.1, -0.05) is 31.1 Å². The van der Waals surface area contributed by atoms with E-state index < -0.39 is 0 Å². The zero-order valence-corrected chi connectivity index (χ0v) is 11.1. The molecule has 0 aliphatic heterocycles. The van der Waals surface area contributed by atoms with Crippen LogP contribution >= 0.6 is 11.3 Å². The molecule has 0 saturated heterocycles. The first-order valence-corrected chi connectivity index (χ1v) is 7.17. The summed E-state index contributed by atoms with van der Waals surface area (Å²) in [6, 6.07) is 3.83. The predicted octanol–water partition coefficient (Wildman–Crippen LogP) is 4.27. The molecule has 2 rings (SSSR count). The Balaban J connectivity index is 1.89. The number of hydrogen-bond donors (Lipinski definition) is 0. The van der Waals surface area contributed by atoms with Crippen LogP contribution in [-0.4, -0.2) is 5.78 Å². The Hall–Kier alpha value is -1.07. The van der Waals surface area contributed by atoms with Crippen molar-refractivity contribution < 1.29 is 4.79 Å². The summed E-state index contributed by atoms with van der Waals surface area (Å²) < 4.78 is 0. The minimum absolute atomic E-state index is 0.135. The van der Waals surface area contributed by atoms with Gasteiger partial charge >= 0.3 is 0 Å². The molecule has 0 atom stereocenters. The molecule has 0 spiro atoms. The van der Waals surface area contributed by atoms with Gasteiger partial charge in [0.25, 0.3) is 0 Å². The van der Waals surface area contributed by atoms with Crippen molar-refractivity contribution in [3.8, 4) is 11.8 Å². The van der Waals surface area contributed by atoms with Crippen molar-refractivity contribution in [2.75, 3.05) is 0 Å². The Morgan fingerprint density at radius 3 is 2.76 bits per heavy atom. The highest BCUT2D eigenvalue weighted by Crippen LogP contribution is 2.25. The molecule has 0 bridgehead atoms. The third-order valence-corrected chi connectivity index (χ3v) is 4.38. The third-order valence-electron chi connectivity index (χ3n) is 3.28. The molecule has 1 saturated carbocycles. The van der Waals surface area contributed by atoms with E-state index in [-0.39, 0.29) is 5.78 Å². The highest BCUT2D eigenvalue weighted by atomic mass is 32.1. The summed E-state index contributed by atoms with van der Waals surface area (Å²) in [5.41, 5.74) is 0. The number of carbonyl (C=O) groups excluding carboxylic acids is 1. The monoisotopic (exact) mass is 246 g/mol. The summed E-state index contributed by atoms with van der Waals surface area (Å²) in [6.45, 7) is 1.60. The van der Waals surface area contributed by atoms with Crippen molar-refractivity contribution >= 4 is 17.1 Å². The van der Waals surface area contributed by atoms with E-state index >= 15 is 0 Å². The van der Waals surface area contributed by atoms with Crippen LogP contribution in [-0.2, 0) is 0 Å². The minimum atomic E-state index is 0.135. The molecule has 17 heavy (non-hydrogen) atoms. The van der Waals surface area contributed by atoms with Crippen molar-refractivity contribution in [1.29, 1.82) is 0 Å². The van der Waals surface area contributed by atoms with Gasteiger partial charge in [-0.2, -0.15) is 0 Å². The Morgan fingerprint density at radius 1 is 1.35 bits per heavy atom. The van der Waals surface area contributed by atoms with Crippen LogP contribution in [0.2, 0.25) is 0 Å². The molecule has 0 amide bonds. The second kappa shape index (κ2) is 6.02. The second-order valence-electron chi connectivity index (χ2n) is 4.73. The van der Waals surface area contributed by atoms with Gasteiger partial charge in [0.05, 0.1) is 9.75 Å². The van der Waals surface area contributed by atoms with Crippen LogP contribution < -0.4 is 0 Å². The number of Topliss-reactive ketones (excluding diaryl/α,β-unsaturated/α-hetero) is 1. The zero-order valence-electron chi connectivity index (χ0n) is 10.3. The predicted molar refractivity (Wildman–Crippen MR) is 72.4 cm³/mol. The molecule has 90 valence electrons. The molecule has 1 aromatic rings. The average Bonchev–Trinajstić information content (AvgIpc) is 2.79. The van der Waals surface area contributed by atoms with Gasteiger partial charge in [-0.25, -0.2) is 0 Å². The smallest absolute Gasteiger partial charge is 0.169 e. The maximum absolute atomic E-state index is 11.1. The summed E-state index contributed by atoms with van der Waals surface area (Å²) >= 11 is 1.50. The summed E-state index contributed by atoms with van der Waals surface area (Å²) in [5, 5.41) is 0. The molecule has 1 heterocycles. The number of carbonyl (C=O) groups is 1. The minimum Gasteiger partial charge on any atom is -0.294 e. The molecule has 0 aromatic carbocycles. The van der Waals surface area contributed by atoms with E-state index in [0.717, 1.165) is 22.1 Å². The lowest BCUT2D eigenvalue weighted by Gasteiger charge is -2.18. The van der Waals surface area contributed by atoms with Crippen LogP contribution in [0.25, 0.3) is 0 Å². The zero-order chi connectivity index (χ0) is 12.1. The molecule has 0 N–H and O–H groups in total. The third kappa shape index (κ3) is 3.71. The quantitative estimate of drug-likeness (QED) is 0.562. The van der Waals surface area contributed by atoms with E-state index in [1.165, 1.54) is 43.4 Å². The molecular weight excluding hydrogens is 228 g/mol. The molecule has 1 fully saturated rings. The standard InChI is InChI=1S/C15H18OS/c1-12(16)15-11-10-14(17-15)9-5-8-13-6-3-2-4-7-13/h10-11,13H,2-4,6-8H2,1H3. The first kappa shape index (κ1) is 12.4. The molecule has 1 nitrogen and oxygen atoms in total. The van der Waals surface area contributed by atoms with Crippen molar-refractivity contribution in [3.05, 3.63) is 21.9 Å². The van der Waals surface area contributed by atoms with Crippen LogP contribution in [0.5, 0.6) is 0 Å². The topological polar surface area (TPSA) is 17.1 Å². The summed E-state index contributed by atoms with van der Waals surface area (Å²) in [7, 11) is 0. The van der Waals surface area contributed by atoms with E-state index in [0.29, 0.717) is 0 Å². The fraction of sp³-hybridized carbons (Fsp3) is 0.533. The summed E-state index contributed by atoms with van der Waals surface area (Å²) in [5.74, 6) is 7.40. The molecule has 1 aliphatic carbocycles. The fourth-order valence-corrected chi connectivity index (χ4v) is 3.04. The van der Waals surface area contributed by atoms with E-state index in [4.69, 9.17) is 0 Å². The van der Waals surface area contributed by atoms with Gasteiger partial charge in [0.1, 0.15) is 0 Å². The summed E-state index contributed by atoms with van der Waals surface area (Å²) in [4.78, 5) is 13.0. The van der Waals surface area contributed by atoms with E-state index in [1.807, 2.05) is 12.1 Å². The maximum Gasteiger partial charge on any atom is 0.169 e. The molecule has 1 aromatic heterocycles. The van der Waals surface area contributed by atoms with Gasteiger partial charge in [-0.15, -0.1) is 11.3 Å². The highest BCUT2D eigenvalue weighted by molar-refractivity contribution is 7.14. The van der Waals surface area contributed by atoms with Gasteiger partial charge in [-0.3, -0.25) is 4.79 Å². The van der Waals surface area contributed by atoms with Gasteiger partial charge in [0.2, 0.25) is 0 Å². The van der Waals surface area contributed by atoms with Crippen LogP contribution in [0.3, 0.4) is 0 Å².